The van der Waals surface area contributed by atoms with Crippen molar-refractivity contribution in [2.75, 3.05) is 0 Å². The van der Waals surface area contributed by atoms with Crippen molar-refractivity contribution in [2.24, 2.45) is 22.2 Å². The Kier molecular flexibility index (Phi) is 16.7. The molecular weight excluding hydrogens is 775 g/mol. The summed E-state index contributed by atoms with van der Waals surface area (Å²) in [4.78, 5) is 0. The van der Waals surface area contributed by atoms with E-state index in [4.69, 9.17) is 0 Å². The Balaban J connectivity index is 0.000000363. The molecule has 3 heteroatoms. The first-order valence-electron chi connectivity index (χ1n) is 20.5. The second kappa shape index (κ2) is 18.5. The minimum Gasteiger partial charge on any atom is -1.00 e. The SMILES string of the molecule is CC(C)(C)C1=CC(C)(C)c2cc3[cH-]c4cc5c(cc4c3cc21)C(C(C)(C)C)=CC5(C)C.CCC1[C-]=CC(C(C)(C)C)=C1.CCCC[C](=[Zr+2])CCCC.[Cl-].[Cl-]. The second-order valence-electron chi connectivity index (χ2n) is 20.2. The molecule has 0 N–H and O–H groups in total. The van der Waals surface area contributed by atoms with Gasteiger partial charge in [-0.25, -0.2) is 6.08 Å². The van der Waals surface area contributed by atoms with E-state index in [1.807, 2.05) is 0 Å². The van der Waals surface area contributed by atoms with Crippen molar-refractivity contribution >= 4 is 35.9 Å². The molecule has 0 aromatic heterocycles. The van der Waals surface area contributed by atoms with Gasteiger partial charge in [0.1, 0.15) is 0 Å². The van der Waals surface area contributed by atoms with Gasteiger partial charge < -0.3 is 24.8 Å². The summed E-state index contributed by atoms with van der Waals surface area (Å²) in [5.74, 6) is 0.573. The summed E-state index contributed by atoms with van der Waals surface area (Å²) < 4.78 is 1.79. The number of benzene rings is 2. The molecule has 0 saturated heterocycles. The third-order valence-corrected chi connectivity index (χ3v) is 12.6. The minimum absolute atomic E-state index is 0. The Morgan fingerprint density at radius 1 is 0.667 bits per heavy atom. The average Bonchev–Trinajstić information content (AvgIpc) is 3.79. The smallest absolute Gasteiger partial charge is 1.00 e. The Bertz CT molecular complexity index is 1780. The second-order valence-corrected chi connectivity index (χ2v) is 21.9. The molecule has 1 atom stereocenters. The fourth-order valence-corrected chi connectivity index (χ4v) is 8.88. The zero-order chi connectivity index (χ0) is 39.0. The standard InChI is InChI=1S/C31H37.C11H17.C9H18.2ClH.Zr/c1-28(2,3)26-16-30(7,8)24-12-18-11-19-13-25-23(15-21(19)20(18)14-22(24)26)27(29(4,5)6)17-31(25,9)10;1-5-9-6-7-10(8-9)11(2,3)4;1-3-5-7-9-8-6-4-2;;;/h11-17H,1-10H3;7-9H,5H2,1-4H3;3-8H2,1-2H3;2*1H;/q2*-1;;;;+2/p-2. The summed E-state index contributed by atoms with van der Waals surface area (Å²) >= 11 is 1.67. The first-order chi connectivity index (χ1) is 23.9. The van der Waals surface area contributed by atoms with Gasteiger partial charge in [-0.15, -0.1) is 39.7 Å². The predicted octanol–water partition coefficient (Wildman–Crippen LogP) is 9.61. The number of fused-ring (bicyclic) bond motifs is 5. The molecule has 0 radical (unpaired) electrons. The number of hydrogen-bond acceptors (Lipinski definition) is 0. The van der Waals surface area contributed by atoms with Crippen LogP contribution < -0.4 is 24.8 Å². The first-order valence-corrected chi connectivity index (χ1v) is 21.7. The zero-order valence-electron chi connectivity index (χ0n) is 37.0. The van der Waals surface area contributed by atoms with Crippen molar-refractivity contribution in [1.29, 1.82) is 0 Å². The summed E-state index contributed by atoms with van der Waals surface area (Å²) in [6.45, 7) is 36.9. The van der Waals surface area contributed by atoms with Crippen LogP contribution in [0.2, 0.25) is 0 Å². The van der Waals surface area contributed by atoms with Crippen LogP contribution in [-0.4, -0.2) is 3.21 Å². The van der Waals surface area contributed by atoms with Gasteiger partial charge in [-0.1, -0.05) is 150 Å². The Morgan fingerprint density at radius 2 is 1.07 bits per heavy atom. The van der Waals surface area contributed by atoms with Gasteiger partial charge in [0, 0.05) is 10.8 Å². The van der Waals surface area contributed by atoms with Crippen LogP contribution >= 0.6 is 0 Å². The molecule has 296 valence electrons. The quantitative estimate of drug-likeness (QED) is 0.208. The Morgan fingerprint density at radius 3 is 1.37 bits per heavy atom. The molecule has 0 bridgehead atoms. The maximum absolute atomic E-state index is 3.35. The van der Waals surface area contributed by atoms with Crippen molar-refractivity contribution < 1.29 is 49.0 Å². The number of hydrogen-bond donors (Lipinski definition) is 0. The van der Waals surface area contributed by atoms with E-state index in [0.717, 1.165) is 0 Å². The Hall–Kier alpha value is -1.40. The topological polar surface area (TPSA) is 0 Å². The van der Waals surface area contributed by atoms with Crippen LogP contribution in [0.3, 0.4) is 0 Å². The van der Waals surface area contributed by atoms with Gasteiger partial charge in [-0.3, -0.25) is 6.08 Å². The van der Waals surface area contributed by atoms with Crippen LogP contribution in [0, 0.1) is 28.2 Å². The monoisotopic (exact) mass is 844 g/mol. The molecule has 0 heterocycles. The van der Waals surface area contributed by atoms with E-state index in [1.54, 1.807) is 27.4 Å². The molecule has 3 aromatic rings. The fraction of sp³-hybridized carbons (Fsp3) is 0.569. The summed E-state index contributed by atoms with van der Waals surface area (Å²) in [7, 11) is 0. The van der Waals surface area contributed by atoms with E-state index in [0.29, 0.717) is 11.3 Å². The van der Waals surface area contributed by atoms with E-state index >= 15 is 0 Å². The largest absolute Gasteiger partial charge is 1.00 e. The third-order valence-electron chi connectivity index (χ3n) is 11.4. The van der Waals surface area contributed by atoms with Gasteiger partial charge in [0.15, 0.2) is 0 Å². The van der Waals surface area contributed by atoms with Crippen LogP contribution in [0.4, 0.5) is 0 Å². The van der Waals surface area contributed by atoms with E-state index in [-0.39, 0.29) is 46.5 Å². The van der Waals surface area contributed by atoms with Crippen molar-refractivity contribution in [1.82, 2.24) is 0 Å². The van der Waals surface area contributed by atoms with E-state index < -0.39 is 0 Å². The van der Waals surface area contributed by atoms with Gasteiger partial charge >= 0.3 is 79.8 Å². The molecule has 0 fully saturated rings. The molecule has 0 amide bonds. The molecule has 0 nitrogen and oxygen atoms in total. The molecule has 0 aliphatic heterocycles. The molecule has 3 aliphatic rings. The van der Waals surface area contributed by atoms with E-state index in [2.05, 4.69) is 171 Å². The molecule has 1 unspecified atom stereocenters. The van der Waals surface area contributed by atoms with Crippen molar-refractivity contribution in [2.45, 2.75) is 167 Å². The maximum atomic E-state index is 3.35. The first kappa shape index (κ1) is 48.8. The van der Waals surface area contributed by atoms with Crippen LogP contribution in [-0.2, 0) is 35.1 Å². The van der Waals surface area contributed by atoms with Gasteiger partial charge in [-0.2, -0.15) is 11.6 Å². The van der Waals surface area contributed by atoms with Crippen LogP contribution in [0.5, 0.6) is 0 Å². The molecule has 0 spiro atoms. The average molecular weight is 847 g/mol. The zero-order valence-corrected chi connectivity index (χ0v) is 40.9. The predicted molar refractivity (Wildman–Crippen MR) is 231 cm³/mol. The summed E-state index contributed by atoms with van der Waals surface area (Å²) in [5.41, 5.74) is 11.0. The molecule has 3 aromatic carbocycles. The van der Waals surface area contributed by atoms with Crippen molar-refractivity contribution in [3.8, 4) is 0 Å². The van der Waals surface area contributed by atoms with Crippen LogP contribution in [0.25, 0.3) is 32.7 Å². The van der Waals surface area contributed by atoms with Gasteiger partial charge in [0.05, 0.1) is 0 Å². The van der Waals surface area contributed by atoms with Gasteiger partial charge in [0.2, 0.25) is 0 Å². The molecule has 0 saturated carbocycles. The van der Waals surface area contributed by atoms with Crippen LogP contribution in [0.15, 0.2) is 60.2 Å². The summed E-state index contributed by atoms with van der Waals surface area (Å²) in [5, 5.41) is 5.58. The molecular formula is C51H72Cl2Zr-2. The Labute approximate surface area is 359 Å². The number of unbranched alkanes of at least 4 members (excludes halogenated alkanes) is 2. The minimum atomic E-state index is 0. The third kappa shape index (κ3) is 11.2. The summed E-state index contributed by atoms with van der Waals surface area (Å²) in [6, 6.07) is 12.3. The van der Waals surface area contributed by atoms with Crippen LogP contribution in [0.1, 0.15) is 178 Å². The summed E-state index contributed by atoms with van der Waals surface area (Å²) in [6.07, 6.45) is 22.3. The van der Waals surface area contributed by atoms with E-state index in [1.165, 1.54) is 105 Å². The maximum Gasteiger partial charge on any atom is -1.00 e. The number of allylic oxidation sites excluding steroid dienone is 8. The molecule has 6 rings (SSSR count). The normalized spacial score (nSPS) is 18.0. The van der Waals surface area contributed by atoms with Crippen molar-refractivity contribution in [3.05, 3.63) is 88.5 Å². The van der Waals surface area contributed by atoms with Gasteiger partial charge in [0.25, 0.3) is 0 Å². The number of halogens is 2. The van der Waals surface area contributed by atoms with E-state index in [9.17, 15) is 0 Å². The van der Waals surface area contributed by atoms with Crippen molar-refractivity contribution in [3.63, 3.8) is 0 Å². The number of rotatable bonds is 7. The van der Waals surface area contributed by atoms with Gasteiger partial charge in [-0.05, 0) is 33.1 Å². The molecule has 3 aliphatic carbocycles. The fourth-order valence-electron chi connectivity index (χ4n) is 8.01. The molecule has 54 heavy (non-hydrogen) atoms.